The minimum absolute atomic E-state index is 0. The van der Waals surface area contributed by atoms with Crippen molar-refractivity contribution in [2.24, 2.45) is 0 Å². The van der Waals surface area contributed by atoms with Crippen molar-refractivity contribution >= 4 is 17.5 Å². The largest absolute Gasteiger partial charge is 0.350 e. The molecule has 0 heterocycles. The quantitative estimate of drug-likeness (QED) is 0.804. The van der Waals surface area contributed by atoms with Gasteiger partial charge in [0.15, 0.2) is 0 Å². The smallest absolute Gasteiger partial charge is 0.251 e. The van der Waals surface area contributed by atoms with E-state index in [1.54, 1.807) is 24.3 Å². The number of carbonyl (C=O) groups is 1. The van der Waals surface area contributed by atoms with Gasteiger partial charge in [-0.1, -0.05) is 19.0 Å². The third-order valence-electron chi connectivity index (χ3n) is 1.53. The van der Waals surface area contributed by atoms with E-state index in [-0.39, 0.29) is 19.4 Å². The second kappa shape index (κ2) is 5.66. The van der Waals surface area contributed by atoms with Gasteiger partial charge < -0.3 is 5.32 Å². The third kappa shape index (κ3) is 3.79. The molecule has 78 valence electrons. The van der Waals surface area contributed by atoms with Gasteiger partial charge in [-0.2, -0.15) is 0 Å². The Morgan fingerprint density at radius 3 is 2.21 bits per heavy atom. The Bertz CT molecular complexity index is 293. The summed E-state index contributed by atoms with van der Waals surface area (Å²) in [6.07, 6.45) is 0. The number of amides is 1. The van der Waals surface area contributed by atoms with E-state index in [9.17, 15) is 4.79 Å². The molecule has 0 unspecified atom stereocenters. The molecule has 0 aliphatic rings. The standard InChI is InChI=1S/C10H12ClNO.CH4/c1-7(2)12-10(13)8-3-5-9(11)6-4-8;/h3-7H,1-2H3,(H,12,13);1H4. The van der Waals surface area contributed by atoms with Crippen molar-refractivity contribution in [3.8, 4) is 0 Å². The maximum absolute atomic E-state index is 11.4. The lowest BCUT2D eigenvalue weighted by atomic mass is 10.2. The SMILES string of the molecule is C.CC(C)NC(=O)c1ccc(Cl)cc1. The van der Waals surface area contributed by atoms with Gasteiger partial charge in [-0.05, 0) is 38.1 Å². The highest BCUT2D eigenvalue weighted by molar-refractivity contribution is 6.30. The molecule has 0 radical (unpaired) electrons. The van der Waals surface area contributed by atoms with Crippen molar-refractivity contribution in [2.45, 2.75) is 27.3 Å². The van der Waals surface area contributed by atoms with E-state index in [1.807, 2.05) is 13.8 Å². The number of hydrogen-bond acceptors (Lipinski definition) is 1. The molecule has 0 spiro atoms. The highest BCUT2D eigenvalue weighted by atomic mass is 35.5. The lowest BCUT2D eigenvalue weighted by Gasteiger charge is -2.07. The van der Waals surface area contributed by atoms with Gasteiger partial charge in [-0.15, -0.1) is 0 Å². The Morgan fingerprint density at radius 1 is 1.29 bits per heavy atom. The highest BCUT2D eigenvalue weighted by Crippen LogP contribution is 2.09. The van der Waals surface area contributed by atoms with Crippen LogP contribution in [0.5, 0.6) is 0 Å². The predicted molar refractivity (Wildman–Crippen MR) is 60.8 cm³/mol. The fourth-order valence-electron chi connectivity index (χ4n) is 0.947. The van der Waals surface area contributed by atoms with Crippen LogP contribution in [0.25, 0.3) is 0 Å². The number of benzene rings is 1. The van der Waals surface area contributed by atoms with Gasteiger partial charge in [0.05, 0.1) is 0 Å². The van der Waals surface area contributed by atoms with Crippen LogP contribution < -0.4 is 5.32 Å². The van der Waals surface area contributed by atoms with E-state index in [0.29, 0.717) is 10.6 Å². The molecule has 1 rings (SSSR count). The minimum atomic E-state index is -0.0633. The summed E-state index contributed by atoms with van der Waals surface area (Å²) in [5.41, 5.74) is 0.637. The van der Waals surface area contributed by atoms with E-state index < -0.39 is 0 Å². The van der Waals surface area contributed by atoms with Gasteiger partial charge >= 0.3 is 0 Å². The summed E-state index contributed by atoms with van der Waals surface area (Å²) < 4.78 is 0. The molecule has 1 aromatic carbocycles. The number of carbonyl (C=O) groups excluding carboxylic acids is 1. The number of hydrogen-bond donors (Lipinski definition) is 1. The van der Waals surface area contributed by atoms with Crippen LogP contribution in [0.4, 0.5) is 0 Å². The Kier molecular flexibility index (Phi) is 5.24. The molecule has 1 amide bonds. The molecule has 1 N–H and O–H groups in total. The van der Waals surface area contributed by atoms with Crippen LogP contribution in [0.3, 0.4) is 0 Å². The summed E-state index contributed by atoms with van der Waals surface area (Å²) in [4.78, 5) is 11.4. The molecular formula is C11H16ClNO. The first-order chi connectivity index (χ1) is 6.09. The zero-order valence-electron chi connectivity index (χ0n) is 7.67. The van der Waals surface area contributed by atoms with Crippen molar-refractivity contribution in [1.29, 1.82) is 0 Å². The first kappa shape index (κ1) is 13.0. The molecule has 2 nitrogen and oxygen atoms in total. The van der Waals surface area contributed by atoms with Gasteiger partial charge in [-0.25, -0.2) is 0 Å². The van der Waals surface area contributed by atoms with E-state index in [4.69, 9.17) is 11.6 Å². The molecule has 0 aliphatic heterocycles. The maximum atomic E-state index is 11.4. The van der Waals surface area contributed by atoms with Crippen LogP contribution in [0, 0.1) is 0 Å². The zero-order valence-corrected chi connectivity index (χ0v) is 8.43. The van der Waals surface area contributed by atoms with Crippen LogP contribution in [0.15, 0.2) is 24.3 Å². The average Bonchev–Trinajstić information content (AvgIpc) is 2.04. The van der Waals surface area contributed by atoms with Crippen LogP contribution in [-0.4, -0.2) is 11.9 Å². The molecule has 0 aromatic heterocycles. The lowest BCUT2D eigenvalue weighted by molar-refractivity contribution is 0.0943. The van der Waals surface area contributed by atoms with Crippen molar-refractivity contribution in [3.05, 3.63) is 34.9 Å². The molecule has 0 saturated carbocycles. The first-order valence-electron chi connectivity index (χ1n) is 4.16. The molecule has 0 bridgehead atoms. The second-order valence-corrected chi connectivity index (χ2v) is 3.57. The summed E-state index contributed by atoms with van der Waals surface area (Å²) in [5, 5.41) is 3.44. The minimum Gasteiger partial charge on any atom is -0.350 e. The normalized spacial score (nSPS) is 9.43. The molecular weight excluding hydrogens is 198 g/mol. The van der Waals surface area contributed by atoms with Gasteiger partial charge in [-0.3, -0.25) is 4.79 Å². The van der Waals surface area contributed by atoms with Crippen molar-refractivity contribution in [3.63, 3.8) is 0 Å². The molecule has 14 heavy (non-hydrogen) atoms. The van der Waals surface area contributed by atoms with Crippen molar-refractivity contribution in [2.75, 3.05) is 0 Å². The summed E-state index contributed by atoms with van der Waals surface area (Å²) in [7, 11) is 0. The number of nitrogens with one attached hydrogen (secondary N) is 1. The fourth-order valence-corrected chi connectivity index (χ4v) is 1.07. The molecule has 0 saturated heterocycles. The lowest BCUT2D eigenvalue weighted by Crippen LogP contribution is -2.29. The van der Waals surface area contributed by atoms with Crippen LogP contribution in [0.2, 0.25) is 5.02 Å². The van der Waals surface area contributed by atoms with E-state index >= 15 is 0 Å². The monoisotopic (exact) mass is 213 g/mol. The fraction of sp³-hybridized carbons (Fsp3) is 0.364. The Balaban J connectivity index is 0.00000169. The van der Waals surface area contributed by atoms with E-state index in [0.717, 1.165) is 0 Å². The molecule has 3 heteroatoms. The summed E-state index contributed by atoms with van der Waals surface area (Å²) in [5.74, 6) is -0.0633. The van der Waals surface area contributed by atoms with Crippen LogP contribution >= 0.6 is 11.6 Å². The van der Waals surface area contributed by atoms with E-state index in [1.165, 1.54) is 0 Å². The first-order valence-corrected chi connectivity index (χ1v) is 4.54. The van der Waals surface area contributed by atoms with E-state index in [2.05, 4.69) is 5.32 Å². The zero-order chi connectivity index (χ0) is 9.84. The summed E-state index contributed by atoms with van der Waals surface area (Å²) in [6.45, 7) is 3.85. The van der Waals surface area contributed by atoms with Crippen molar-refractivity contribution in [1.82, 2.24) is 5.32 Å². The highest BCUT2D eigenvalue weighted by Gasteiger charge is 2.05. The molecule has 0 fully saturated rings. The summed E-state index contributed by atoms with van der Waals surface area (Å²) in [6, 6.07) is 6.98. The summed E-state index contributed by atoms with van der Waals surface area (Å²) >= 11 is 5.69. The Hall–Kier alpha value is -1.02. The Morgan fingerprint density at radius 2 is 1.79 bits per heavy atom. The van der Waals surface area contributed by atoms with Crippen LogP contribution in [0.1, 0.15) is 31.6 Å². The van der Waals surface area contributed by atoms with Crippen molar-refractivity contribution < 1.29 is 4.79 Å². The third-order valence-corrected chi connectivity index (χ3v) is 1.78. The maximum Gasteiger partial charge on any atom is 0.251 e. The van der Waals surface area contributed by atoms with Gasteiger partial charge in [0.25, 0.3) is 5.91 Å². The van der Waals surface area contributed by atoms with Gasteiger partial charge in [0.2, 0.25) is 0 Å². The molecule has 0 aliphatic carbocycles. The number of rotatable bonds is 2. The topological polar surface area (TPSA) is 29.1 Å². The molecule has 1 aromatic rings. The second-order valence-electron chi connectivity index (χ2n) is 3.14. The van der Waals surface area contributed by atoms with Gasteiger partial charge in [0.1, 0.15) is 0 Å². The average molecular weight is 214 g/mol. The number of halogens is 1. The van der Waals surface area contributed by atoms with Gasteiger partial charge in [0, 0.05) is 16.6 Å². The molecule has 0 atom stereocenters. The van der Waals surface area contributed by atoms with Crippen LogP contribution in [-0.2, 0) is 0 Å². The predicted octanol–water partition coefficient (Wildman–Crippen LogP) is 3.11. The Labute approximate surface area is 90.3 Å².